The van der Waals surface area contributed by atoms with E-state index < -0.39 is 0 Å². The Hall–Kier alpha value is -2.14. The SMILES string of the molecule is Cn1cc(C(N)c2nc3ccccc3n2C(C)(C)C)cn1. The summed E-state index contributed by atoms with van der Waals surface area (Å²) in [5.41, 5.74) is 9.42. The maximum Gasteiger partial charge on any atom is 0.132 e. The number of aromatic nitrogens is 4. The maximum atomic E-state index is 6.45. The normalized spacial score (nSPS) is 13.8. The van der Waals surface area contributed by atoms with E-state index in [1.54, 1.807) is 10.9 Å². The number of nitrogens with zero attached hydrogens (tertiary/aromatic N) is 4. The van der Waals surface area contributed by atoms with E-state index in [1.807, 2.05) is 31.4 Å². The Morgan fingerprint density at radius 3 is 2.52 bits per heavy atom. The Balaban J connectivity index is 2.22. The minimum atomic E-state index is -0.287. The second kappa shape index (κ2) is 4.70. The van der Waals surface area contributed by atoms with Gasteiger partial charge in [-0.1, -0.05) is 12.1 Å². The predicted molar refractivity (Wildman–Crippen MR) is 84.0 cm³/mol. The van der Waals surface area contributed by atoms with Crippen LogP contribution in [-0.2, 0) is 12.6 Å². The van der Waals surface area contributed by atoms with Crippen LogP contribution in [0.1, 0.15) is 38.2 Å². The number of hydrogen-bond donors (Lipinski definition) is 1. The molecule has 0 aliphatic rings. The van der Waals surface area contributed by atoms with E-state index in [0.29, 0.717) is 0 Å². The number of nitrogens with two attached hydrogens (primary N) is 1. The van der Waals surface area contributed by atoms with Crippen molar-refractivity contribution in [3.63, 3.8) is 0 Å². The second-order valence-electron chi connectivity index (χ2n) is 6.39. The third kappa shape index (κ3) is 2.34. The smallest absolute Gasteiger partial charge is 0.132 e. The molecule has 0 spiro atoms. The molecule has 0 amide bonds. The van der Waals surface area contributed by atoms with Gasteiger partial charge in [0.1, 0.15) is 5.82 Å². The Morgan fingerprint density at radius 1 is 1.19 bits per heavy atom. The highest BCUT2D eigenvalue weighted by Gasteiger charge is 2.26. The molecule has 1 aromatic carbocycles. The Morgan fingerprint density at radius 2 is 1.90 bits per heavy atom. The van der Waals surface area contributed by atoms with Crippen LogP contribution in [-0.4, -0.2) is 19.3 Å². The summed E-state index contributed by atoms with van der Waals surface area (Å²) in [6.45, 7) is 6.50. The van der Waals surface area contributed by atoms with Gasteiger partial charge in [0.15, 0.2) is 0 Å². The molecule has 0 aliphatic heterocycles. The molecule has 21 heavy (non-hydrogen) atoms. The average Bonchev–Trinajstić information content (AvgIpc) is 3.00. The molecule has 2 N–H and O–H groups in total. The summed E-state index contributed by atoms with van der Waals surface area (Å²) < 4.78 is 3.99. The van der Waals surface area contributed by atoms with Crippen LogP contribution in [0.25, 0.3) is 11.0 Å². The summed E-state index contributed by atoms with van der Waals surface area (Å²) >= 11 is 0. The van der Waals surface area contributed by atoms with Gasteiger partial charge in [0, 0.05) is 24.3 Å². The van der Waals surface area contributed by atoms with E-state index in [0.717, 1.165) is 22.4 Å². The molecule has 3 aromatic rings. The zero-order chi connectivity index (χ0) is 15.2. The molecule has 0 fully saturated rings. The molecule has 5 heteroatoms. The van der Waals surface area contributed by atoms with E-state index >= 15 is 0 Å². The van der Waals surface area contributed by atoms with Gasteiger partial charge in [0.25, 0.3) is 0 Å². The van der Waals surface area contributed by atoms with Crippen LogP contribution in [0.3, 0.4) is 0 Å². The van der Waals surface area contributed by atoms with Gasteiger partial charge in [-0.2, -0.15) is 5.10 Å². The Bertz CT molecular complexity index is 775. The fraction of sp³-hybridized carbons (Fsp3) is 0.375. The third-order valence-corrected chi connectivity index (χ3v) is 3.62. The maximum absolute atomic E-state index is 6.45. The Labute approximate surface area is 124 Å². The minimum absolute atomic E-state index is 0.0920. The largest absolute Gasteiger partial charge is 0.321 e. The molecule has 2 heterocycles. The van der Waals surface area contributed by atoms with Gasteiger partial charge >= 0.3 is 0 Å². The highest BCUT2D eigenvalue weighted by atomic mass is 15.2. The van der Waals surface area contributed by atoms with E-state index in [9.17, 15) is 0 Å². The van der Waals surface area contributed by atoms with Crippen LogP contribution in [0.4, 0.5) is 0 Å². The van der Waals surface area contributed by atoms with Gasteiger partial charge in [-0.3, -0.25) is 4.68 Å². The topological polar surface area (TPSA) is 61.7 Å². The van der Waals surface area contributed by atoms with Gasteiger partial charge in [0.05, 0.1) is 23.3 Å². The van der Waals surface area contributed by atoms with Gasteiger partial charge in [0.2, 0.25) is 0 Å². The van der Waals surface area contributed by atoms with Crippen molar-refractivity contribution in [3.8, 4) is 0 Å². The summed E-state index contributed by atoms with van der Waals surface area (Å²) in [5.74, 6) is 0.872. The first-order valence-corrected chi connectivity index (χ1v) is 7.10. The van der Waals surface area contributed by atoms with Crippen LogP contribution in [0.15, 0.2) is 36.7 Å². The molecule has 0 saturated carbocycles. The van der Waals surface area contributed by atoms with Crippen molar-refractivity contribution < 1.29 is 0 Å². The molecule has 1 atom stereocenters. The minimum Gasteiger partial charge on any atom is -0.321 e. The molecule has 0 bridgehead atoms. The highest BCUT2D eigenvalue weighted by molar-refractivity contribution is 5.76. The number of fused-ring (bicyclic) bond motifs is 1. The van der Waals surface area contributed by atoms with Crippen LogP contribution in [0.5, 0.6) is 0 Å². The predicted octanol–water partition coefficient (Wildman–Crippen LogP) is 2.57. The average molecular weight is 283 g/mol. The fourth-order valence-corrected chi connectivity index (χ4v) is 2.71. The Kier molecular flexibility index (Phi) is 3.10. The third-order valence-electron chi connectivity index (χ3n) is 3.62. The number of rotatable bonds is 2. The van der Waals surface area contributed by atoms with Crippen molar-refractivity contribution in [1.29, 1.82) is 0 Å². The van der Waals surface area contributed by atoms with E-state index in [1.165, 1.54) is 0 Å². The number of imidazole rings is 1. The van der Waals surface area contributed by atoms with Gasteiger partial charge < -0.3 is 10.3 Å². The zero-order valence-electron chi connectivity index (χ0n) is 12.9. The lowest BCUT2D eigenvalue weighted by molar-refractivity contribution is 0.389. The fourth-order valence-electron chi connectivity index (χ4n) is 2.71. The lowest BCUT2D eigenvalue weighted by atomic mass is 10.1. The molecule has 0 aliphatic carbocycles. The molecule has 0 saturated heterocycles. The highest BCUT2D eigenvalue weighted by Crippen LogP contribution is 2.29. The molecular formula is C16H21N5. The van der Waals surface area contributed by atoms with Crippen molar-refractivity contribution in [2.45, 2.75) is 32.4 Å². The first-order chi connectivity index (χ1) is 9.88. The summed E-state index contributed by atoms with van der Waals surface area (Å²) in [5, 5.41) is 4.21. The van der Waals surface area contributed by atoms with E-state index in [2.05, 4.69) is 36.5 Å². The summed E-state index contributed by atoms with van der Waals surface area (Å²) in [4.78, 5) is 4.77. The first-order valence-electron chi connectivity index (χ1n) is 7.10. The van der Waals surface area contributed by atoms with Crippen LogP contribution in [0, 0.1) is 0 Å². The number of benzene rings is 1. The van der Waals surface area contributed by atoms with Crippen molar-refractivity contribution >= 4 is 11.0 Å². The van der Waals surface area contributed by atoms with Gasteiger partial charge in [-0.15, -0.1) is 0 Å². The number of para-hydroxylation sites is 2. The van der Waals surface area contributed by atoms with Crippen LogP contribution >= 0.6 is 0 Å². The van der Waals surface area contributed by atoms with Gasteiger partial charge in [-0.05, 0) is 32.9 Å². The van der Waals surface area contributed by atoms with Crippen LogP contribution < -0.4 is 5.73 Å². The second-order valence-corrected chi connectivity index (χ2v) is 6.39. The molecule has 2 aromatic heterocycles. The monoisotopic (exact) mass is 283 g/mol. The lowest BCUT2D eigenvalue weighted by Gasteiger charge is -2.26. The van der Waals surface area contributed by atoms with Crippen molar-refractivity contribution in [1.82, 2.24) is 19.3 Å². The summed E-state index contributed by atoms with van der Waals surface area (Å²) in [6.07, 6.45) is 3.74. The molecule has 0 radical (unpaired) electrons. The number of hydrogen-bond acceptors (Lipinski definition) is 3. The molecule has 3 rings (SSSR count). The molecule has 1 unspecified atom stereocenters. The quantitative estimate of drug-likeness (QED) is 0.786. The van der Waals surface area contributed by atoms with E-state index in [4.69, 9.17) is 10.7 Å². The summed E-state index contributed by atoms with van der Waals surface area (Å²) in [7, 11) is 1.89. The molecular weight excluding hydrogens is 262 g/mol. The molecule has 110 valence electrons. The van der Waals surface area contributed by atoms with E-state index in [-0.39, 0.29) is 11.6 Å². The van der Waals surface area contributed by atoms with Gasteiger partial charge in [-0.25, -0.2) is 4.98 Å². The summed E-state index contributed by atoms with van der Waals surface area (Å²) in [6, 6.07) is 7.86. The lowest BCUT2D eigenvalue weighted by Crippen LogP contribution is -2.28. The standard InChI is InChI=1S/C16H21N5/c1-16(2,3)21-13-8-6-5-7-12(13)19-15(21)14(17)11-9-18-20(4)10-11/h5-10,14H,17H2,1-4H3. The molecule has 5 nitrogen and oxygen atoms in total. The van der Waals surface area contributed by atoms with Crippen molar-refractivity contribution in [2.24, 2.45) is 12.8 Å². The van der Waals surface area contributed by atoms with Crippen molar-refractivity contribution in [3.05, 3.63) is 48.0 Å². The van der Waals surface area contributed by atoms with Crippen LogP contribution in [0.2, 0.25) is 0 Å². The van der Waals surface area contributed by atoms with Crippen molar-refractivity contribution in [2.75, 3.05) is 0 Å². The first kappa shape index (κ1) is 13.8. The number of aryl methyl sites for hydroxylation is 1. The zero-order valence-corrected chi connectivity index (χ0v) is 12.9.